The molecule has 0 aliphatic heterocycles. The minimum Gasteiger partial charge on any atom is -0.367 e. The Morgan fingerprint density at radius 2 is 2.11 bits per heavy atom. The average molecular weight is 321 g/mol. The van der Waals surface area contributed by atoms with Crippen molar-refractivity contribution in [2.75, 3.05) is 5.73 Å². The molecule has 18 heavy (non-hydrogen) atoms. The largest absolute Gasteiger partial charge is 0.367 e. The van der Waals surface area contributed by atoms with Crippen molar-refractivity contribution in [1.29, 1.82) is 0 Å². The molecule has 0 fully saturated rings. The van der Waals surface area contributed by atoms with Crippen LogP contribution in [0.15, 0.2) is 50.8 Å². The molecule has 3 nitrogen and oxygen atoms in total. The summed E-state index contributed by atoms with van der Waals surface area (Å²) in [5.74, 6) is 0.354. The quantitative estimate of drug-likeness (QED) is 0.760. The van der Waals surface area contributed by atoms with E-state index in [9.17, 15) is 0 Å². The second-order valence-electron chi connectivity index (χ2n) is 3.76. The molecule has 2 N–H and O–H groups in total. The molecule has 2 aromatic heterocycles. The van der Waals surface area contributed by atoms with Crippen LogP contribution in [-0.4, -0.2) is 5.16 Å². The first-order valence-electron chi connectivity index (χ1n) is 5.30. The topological polar surface area (TPSA) is 52.0 Å². The summed E-state index contributed by atoms with van der Waals surface area (Å²) in [4.78, 5) is 1.06. The predicted molar refractivity (Wildman–Crippen MR) is 77.4 cm³/mol. The van der Waals surface area contributed by atoms with Crippen LogP contribution in [0.1, 0.15) is 0 Å². The molecule has 3 rings (SSSR count). The lowest BCUT2D eigenvalue weighted by molar-refractivity contribution is 0.439. The fourth-order valence-electron chi connectivity index (χ4n) is 1.79. The smallest absolute Gasteiger partial charge is 0.231 e. The highest BCUT2D eigenvalue weighted by atomic mass is 79.9. The third kappa shape index (κ3) is 1.95. The number of halogens is 1. The van der Waals surface area contributed by atoms with E-state index < -0.39 is 0 Å². The van der Waals surface area contributed by atoms with Gasteiger partial charge >= 0.3 is 0 Å². The van der Waals surface area contributed by atoms with Crippen LogP contribution in [0, 0.1) is 0 Å². The highest BCUT2D eigenvalue weighted by Crippen LogP contribution is 2.38. The summed E-state index contributed by atoms with van der Waals surface area (Å²) in [5.41, 5.74) is 8.49. The summed E-state index contributed by atoms with van der Waals surface area (Å²) in [6.07, 6.45) is 0. The molecular formula is C13H9BrN2OS. The van der Waals surface area contributed by atoms with E-state index in [-0.39, 0.29) is 0 Å². The monoisotopic (exact) mass is 320 g/mol. The van der Waals surface area contributed by atoms with Crippen molar-refractivity contribution >= 4 is 33.2 Å². The molecule has 0 atom stereocenters. The molecule has 0 spiro atoms. The number of nitrogens with zero attached hydrogens (tertiary/aromatic N) is 1. The molecule has 90 valence electrons. The number of nitrogen functional groups attached to an aromatic ring is 1. The molecule has 0 amide bonds. The molecule has 5 heteroatoms. The van der Waals surface area contributed by atoms with Gasteiger partial charge in [-0.1, -0.05) is 39.3 Å². The van der Waals surface area contributed by atoms with Gasteiger partial charge < -0.3 is 10.3 Å². The first kappa shape index (κ1) is 11.5. The van der Waals surface area contributed by atoms with Gasteiger partial charge in [-0.15, -0.1) is 11.3 Å². The SMILES string of the molecule is Nc1onc(-c2cccc(Br)c2)c1-c1cccs1. The molecule has 0 saturated carbocycles. The number of rotatable bonds is 2. The van der Waals surface area contributed by atoms with Gasteiger partial charge in [-0.25, -0.2) is 0 Å². The number of hydrogen-bond donors (Lipinski definition) is 1. The fourth-order valence-corrected chi connectivity index (χ4v) is 2.97. The number of benzene rings is 1. The molecule has 0 aliphatic rings. The molecule has 2 heterocycles. The Labute approximate surface area is 116 Å². The number of hydrogen-bond acceptors (Lipinski definition) is 4. The van der Waals surface area contributed by atoms with Crippen LogP contribution < -0.4 is 5.73 Å². The molecule has 0 aliphatic carbocycles. The van der Waals surface area contributed by atoms with Gasteiger partial charge in [0.1, 0.15) is 5.69 Å². The van der Waals surface area contributed by atoms with Crippen molar-refractivity contribution in [2.24, 2.45) is 0 Å². The molecular weight excluding hydrogens is 312 g/mol. The van der Waals surface area contributed by atoms with Gasteiger partial charge in [-0.05, 0) is 23.6 Å². The number of thiophene rings is 1. The summed E-state index contributed by atoms with van der Waals surface area (Å²) in [6.45, 7) is 0. The Balaban J connectivity index is 2.20. The van der Waals surface area contributed by atoms with E-state index in [0.29, 0.717) is 5.88 Å². The summed E-state index contributed by atoms with van der Waals surface area (Å²) in [6, 6.07) is 11.9. The summed E-state index contributed by atoms with van der Waals surface area (Å²) >= 11 is 5.07. The summed E-state index contributed by atoms with van der Waals surface area (Å²) in [7, 11) is 0. The highest BCUT2D eigenvalue weighted by molar-refractivity contribution is 9.10. The minimum absolute atomic E-state index is 0.354. The van der Waals surface area contributed by atoms with E-state index in [0.717, 1.165) is 26.2 Å². The summed E-state index contributed by atoms with van der Waals surface area (Å²) in [5, 5.41) is 6.08. The Hall–Kier alpha value is -1.59. The maximum absolute atomic E-state index is 5.87. The van der Waals surface area contributed by atoms with Gasteiger partial charge in [0.15, 0.2) is 0 Å². The van der Waals surface area contributed by atoms with Crippen molar-refractivity contribution in [3.8, 4) is 21.7 Å². The fraction of sp³-hybridized carbons (Fsp3) is 0. The van der Waals surface area contributed by atoms with Gasteiger partial charge in [0.05, 0.1) is 5.56 Å². The van der Waals surface area contributed by atoms with Gasteiger partial charge in [0.2, 0.25) is 5.88 Å². The standard InChI is InChI=1S/C13H9BrN2OS/c14-9-4-1-3-8(7-9)12-11(13(15)17-16-12)10-5-2-6-18-10/h1-7H,15H2. The Morgan fingerprint density at radius 1 is 1.22 bits per heavy atom. The number of nitrogens with two attached hydrogens (primary N) is 1. The molecule has 0 radical (unpaired) electrons. The van der Waals surface area contributed by atoms with E-state index in [2.05, 4.69) is 21.1 Å². The Bertz CT molecular complexity index is 676. The van der Waals surface area contributed by atoms with Gasteiger partial charge in [0, 0.05) is 14.9 Å². The van der Waals surface area contributed by atoms with Crippen molar-refractivity contribution in [2.45, 2.75) is 0 Å². The minimum atomic E-state index is 0.354. The number of anilines is 1. The van der Waals surface area contributed by atoms with Crippen molar-refractivity contribution < 1.29 is 4.52 Å². The van der Waals surface area contributed by atoms with Crippen molar-refractivity contribution in [3.05, 3.63) is 46.3 Å². The molecule has 0 unspecified atom stereocenters. The second-order valence-corrected chi connectivity index (χ2v) is 5.62. The molecule has 0 saturated heterocycles. The van der Waals surface area contributed by atoms with Crippen LogP contribution >= 0.6 is 27.3 Å². The van der Waals surface area contributed by atoms with E-state index >= 15 is 0 Å². The van der Waals surface area contributed by atoms with Gasteiger partial charge in [0.25, 0.3) is 0 Å². The van der Waals surface area contributed by atoms with Crippen molar-refractivity contribution in [3.63, 3.8) is 0 Å². The number of aromatic nitrogens is 1. The lowest BCUT2D eigenvalue weighted by Crippen LogP contribution is -1.85. The van der Waals surface area contributed by atoms with Gasteiger partial charge in [-0.3, -0.25) is 0 Å². The third-order valence-corrected chi connectivity index (χ3v) is 3.96. The first-order chi connectivity index (χ1) is 8.75. The Morgan fingerprint density at radius 3 is 2.83 bits per heavy atom. The molecule has 3 aromatic rings. The van der Waals surface area contributed by atoms with Crippen LogP contribution in [0.25, 0.3) is 21.7 Å². The van der Waals surface area contributed by atoms with Crippen LogP contribution in [0.4, 0.5) is 5.88 Å². The van der Waals surface area contributed by atoms with E-state index in [1.807, 2.05) is 41.8 Å². The zero-order valence-electron chi connectivity index (χ0n) is 9.26. The van der Waals surface area contributed by atoms with Crippen LogP contribution in [0.3, 0.4) is 0 Å². The second kappa shape index (κ2) is 4.59. The summed E-state index contributed by atoms with van der Waals surface area (Å²) < 4.78 is 6.13. The molecule has 0 bridgehead atoms. The molecule has 1 aromatic carbocycles. The normalized spacial score (nSPS) is 10.7. The van der Waals surface area contributed by atoms with E-state index in [1.54, 1.807) is 11.3 Å². The third-order valence-electron chi connectivity index (χ3n) is 2.58. The zero-order chi connectivity index (χ0) is 12.5. The van der Waals surface area contributed by atoms with Gasteiger partial charge in [-0.2, -0.15) is 0 Å². The highest BCUT2D eigenvalue weighted by Gasteiger charge is 2.18. The lowest BCUT2D eigenvalue weighted by atomic mass is 10.1. The van der Waals surface area contributed by atoms with Crippen LogP contribution in [0.5, 0.6) is 0 Å². The van der Waals surface area contributed by atoms with E-state index in [1.165, 1.54) is 0 Å². The van der Waals surface area contributed by atoms with Crippen LogP contribution in [0.2, 0.25) is 0 Å². The first-order valence-corrected chi connectivity index (χ1v) is 6.98. The zero-order valence-corrected chi connectivity index (χ0v) is 11.7. The maximum Gasteiger partial charge on any atom is 0.231 e. The maximum atomic E-state index is 5.87. The van der Waals surface area contributed by atoms with E-state index in [4.69, 9.17) is 10.3 Å². The van der Waals surface area contributed by atoms with Crippen molar-refractivity contribution in [1.82, 2.24) is 5.16 Å². The Kier molecular flexibility index (Phi) is 2.93. The average Bonchev–Trinajstić information content (AvgIpc) is 2.97. The lowest BCUT2D eigenvalue weighted by Gasteiger charge is -2.00. The predicted octanol–water partition coefficient (Wildman–Crippen LogP) is 4.41. The van der Waals surface area contributed by atoms with Crippen LogP contribution in [-0.2, 0) is 0 Å².